The third-order valence-electron chi connectivity index (χ3n) is 5.87. The van der Waals surface area contributed by atoms with Crippen LogP contribution in [-0.2, 0) is 16.4 Å². The van der Waals surface area contributed by atoms with Gasteiger partial charge in [0.2, 0.25) is 0 Å². The molecule has 0 fully saturated rings. The number of nitrogens with zero attached hydrogens (tertiary/aromatic N) is 3. The molecular weight excluding hydrogens is 384 g/mol. The number of benzene rings is 1. The lowest BCUT2D eigenvalue weighted by Gasteiger charge is -2.21. The molecule has 0 bridgehead atoms. The van der Waals surface area contributed by atoms with E-state index in [0.717, 1.165) is 55.5 Å². The number of likely N-dealkylation sites (N-methyl/N-ethyl adjacent to an activating group) is 1. The van der Waals surface area contributed by atoms with Gasteiger partial charge in [0.15, 0.2) is 5.65 Å². The number of nitrogens with one attached hydrogen (secondary N) is 1. The molecule has 2 aromatic heterocycles. The van der Waals surface area contributed by atoms with Crippen LogP contribution in [0, 0.1) is 0 Å². The Hall–Kier alpha value is -2.64. The maximum Gasteiger partial charge on any atom is 0.269 e. The van der Waals surface area contributed by atoms with Crippen molar-refractivity contribution < 1.29 is 8.42 Å². The van der Waals surface area contributed by atoms with Crippen LogP contribution < -0.4 is 5.32 Å². The molecule has 0 saturated heterocycles. The summed E-state index contributed by atoms with van der Waals surface area (Å²) in [7, 11) is -1.66. The molecule has 7 heteroatoms. The molecule has 0 saturated carbocycles. The summed E-state index contributed by atoms with van der Waals surface area (Å²) in [5, 5.41) is 4.20. The SMILES string of the molecule is CN1CC=C(c2cn(S(=O)(=O)c3ccc4c(c3)NCCC4)c3ncccc23)CC1. The molecule has 0 radical (unpaired) electrons. The van der Waals surface area contributed by atoms with Crippen molar-refractivity contribution in [1.82, 2.24) is 13.9 Å². The third kappa shape index (κ3) is 3.14. The lowest BCUT2D eigenvalue weighted by atomic mass is 10.00. The summed E-state index contributed by atoms with van der Waals surface area (Å²) in [6, 6.07) is 9.21. The van der Waals surface area contributed by atoms with Crippen molar-refractivity contribution in [1.29, 1.82) is 0 Å². The van der Waals surface area contributed by atoms with Crippen LogP contribution in [0.1, 0.15) is 24.0 Å². The number of pyridine rings is 1. The van der Waals surface area contributed by atoms with Gasteiger partial charge in [-0.05, 0) is 61.7 Å². The topological polar surface area (TPSA) is 67.2 Å². The van der Waals surface area contributed by atoms with Gasteiger partial charge in [-0.25, -0.2) is 17.4 Å². The first-order valence-corrected chi connectivity index (χ1v) is 11.4. The van der Waals surface area contributed by atoms with E-state index in [0.29, 0.717) is 5.65 Å². The van der Waals surface area contributed by atoms with Crippen molar-refractivity contribution in [3.05, 3.63) is 59.9 Å². The second kappa shape index (κ2) is 7.00. The monoisotopic (exact) mass is 408 g/mol. The fourth-order valence-corrected chi connectivity index (χ4v) is 5.55. The number of aryl methyl sites for hydroxylation is 1. The predicted octanol–water partition coefficient (Wildman–Crippen LogP) is 3.35. The zero-order valence-electron chi connectivity index (χ0n) is 16.4. The number of hydrogen-bond donors (Lipinski definition) is 1. The van der Waals surface area contributed by atoms with Crippen LogP contribution in [0.4, 0.5) is 5.69 Å². The van der Waals surface area contributed by atoms with Gasteiger partial charge in [0.1, 0.15) is 0 Å². The highest BCUT2D eigenvalue weighted by Gasteiger charge is 2.25. The third-order valence-corrected chi connectivity index (χ3v) is 7.51. The van der Waals surface area contributed by atoms with Crippen LogP contribution in [0.5, 0.6) is 0 Å². The van der Waals surface area contributed by atoms with Crippen molar-refractivity contribution in [2.45, 2.75) is 24.2 Å². The van der Waals surface area contributed by atoms with E-state index >= 15 is 0 Å². The maximum atomic E-state index is 13.5. The van der Waals surface area contributed by atoms with E-state index in [4.69, 9.17) is 0 Å². The second-order valence-corrected chi connectivity index (χ2v) is 9.62. The highest BCUT2D eigenvalue weighted by Crippen LogP contribution is 2.33. The van der Waals surface area contributed by atoms with Crippen molar-refractivity contribution in [2.75, 3.05) is 32.0 Å². The smallest absolute Gasteiger partial charge is 0.269 e. The number of fused-ring (bicyclic) bond motifs is 2. The molecule has 6 nitrogen and oxygen atoms in total. The first-order valence-electron chi connectivity index (χ1n) is 10.0. The number of rotatable bonds is 3. The first kappa shape index (κ1) is 18.4. The van der Waals surface area contributed by atoms with E-state index in [2.05, 4.69) is 28.3 Å². The molecule has 1 N–H and O–H groups in total. The largest absolute Gasteiger partial charge is 0.385 e. The Morgan fingerprint density at radius 3 is 2.90 bits per heavy atom. The van der Waals surface area contributed by atoms with Gasteiger partial charge in [0, 0.05) is 48.7 Å². The molecule has 1 aromatic carbocycles. The quantitative estimate of drug-likeness (QED) is 0.720. The Morgan fingerprint density at radius 2 is 2.07 bits per heavy atom. The summed E-state index contributed by atoms with van der Waals surface area (Å²) in [5.74, 6) is 0. The Kier molecular flexibility index (Phi) is 4.44. The lowest BCUT2D eigenvalue weighted by Crippen LogP contribution is -2.23. The van der Waals surface area contributed by atoms with Crippen LogP contribution >= 0.6 is 0 Å². The van der Waals surface area contributed by atoms with Crippen LogP contribution in [-0.4, -0.2) is 49.0 Å². The van der Waals surface area contributed by atoms with E-state index in [1.165, 1.54) is 15.1 Å². The minimum atomic E-state index is -3.75. The lowest BCUT2D eigenvalue weighted by molar-refractivity contribution is 0.370. The van der Waals surface area contributed by atoms with E-state index < -0.39 is 10.0 Å². The van der Waals surface area contributed by atoms with Crippen molar-refractivity contribution in [3.63, 3.8) is 0 Å². The molecule has 150 valence electrons. The molecular formula is C22H24N4O2S. The van der Waals surface area contributed by atoms with Crippen LogP contribution in [0.15, 0.2) is 53.7 Å². The Labute approximate surface area is 170 Å². The van der Waals surface area contributed by atoms with Gasteiger partial charge in [-0.2, -0.15) is 0 Å². The van der Waals surface area contributed by atoms with Crippen molar-refractivity contribution in [3.8, 4) is 0 Å². The summed E-state index contributed by atoms with van der Waals surface area (Å²) in [5.41, 5.74) is 4.71. The minimum absolute atomic E-state index is 0.289. The molecule has 0 aliphatic carbocycles. The van der Waals surface area contributed by atoms with Gasteiger partial charge < -0.3 is 10.2 Å². The number of anilines is 1. The molecule has 4 heterocycles. The molecule has 29 heavy (non-hydrogen) atoms. The number of hydrogen-bond acceptors (Lipinski definition) is 5. The highest BCUT2D eigenvalue weighted by molar-refractivity contribution is 7.90. The van der Waals surface area contributed by atoms with Gasteiger partial charge in [-0.3, -0.25) is 0 Å². The molecule has 0 amide bonds. The van der Waals surface area contributed by atoms with Crippen molar-refractivity contribution in [2.24, 2.45) is 0 Å². The Bertz CT molecular complexity index is 1230. The van der Waals surface area contributed by atoms with E-state index in [1.54, 1.807) is 24.5 Å². The summed E-state index contributed by atoms with van der Waals surface area (Å²) < 4.78 is 28.4. The standard InChI is InChI=1S/C22H24N4O2S/c1-25-12-8-16(9-13-25)20-15-26(22-19(20)5-3-11-24-22)29(27,28)18-7-6-17-4-2-10-23-21(17)14-18/h3,5-8,11,14-15,23H,2,4,9-10,12-13H2,1H3. The van der Waals surface area contributed by atoms with Gasteiger partial charge in [-0.15, -0.1) is 0 Å². The fourth-order valence-electron chi connectivity index (χ4n) is 4.20. The average molecular weight is 409 g/mol. The zero-order chi connectivity index (χ0) is 20.0. The minimum Gasteiger partial charge on any atom is -0.385 e. The van der Waals surface area contributed by atoms with Crippen molar-refractivity contribution >= 4 is 32.3 Å². The number of aromatic nitrogens is 2. The van der Waals surface area contributed by atoms with Crippen LogP contribution in [0.25, 0.3) is 16.6 Å². The molecule has 2 aliphatic heterocycles. The highest BCUT2D eigenvalue weighted by atomic mass is 32.2. The maximum absolute atomic E-state index is 13.5. The molecule has 5 rings (SSSR count). The van der Waals surface area contributed by atoms with Gasteiger partial charge in [0.25, 0.3) is 10.0 Å². The van der Waals surface area contributed by atoms with Gasteiger partial charge in [-0.1, -0.05) is 12.1 Å². The molecule has 0 atom stereocenters. The first-order chi connectivity index (χ1) is 14.0. The molecule has 0 spiro atoms. The second-order valence-electron chi connectivity index (χ2n) is 7.81. The van der Waals surface area contributed by atoms with E-state index in [1.807, 2.05) is 18.2 Å². The summed E-state index contributed by atoms with van der Waals surface area (Å²) in [4.78, 5) is 6.96. The average Bonchev–Trinajstić information content (AvgIpc) is 3.14. The molecule has 2 aliphatic rings. The van der Waals surface area contributed by atoms with E-state index in [9.17, 15) is 8.42 Å². The van der Waals surface area contributed by atoms with Gasteiger partial charge in [0.05, 0.1) is 4.90 Å². The predicted molar refractivity (Wildman–Crippen MR) is 116 cm³/mol. The fraction of sp³-hybridized carbons (Fsp3) is 0.318. The van der Waals surface area contributed by atoms with Crippen LogP contribution in [0.2, 0.25) is 0 Å². The summed E-state index contributed by atoms with van der Waals surface area (Å²) >= 11 is 0. The normalized spacial score (nSPS) is 17.6. The zero-order valence-corrected chi connectivity index (χ0v) is 17.2. The van der Waals surface area contributed by atoms with E-state index in [-0.39, 0.29) is 4.90 Å². The Morgan fingerprint density at radius 1 is 1.17 bits per heavy atom. The summed E-state index contributed by atoms with van der Waals surface area (Å²) in [6.45, 7) is 2.70. The molecule has 0 unspecified atom stereocenters. The summed E-state index contributed by atoms with van der Waals surface area (Å²) in [6.07, 6.45) is 8.52. The van der Waals surface area contributed by atoms with Crippen LogP contribution in [0.3, 0.4) is 0 Å². The van der Waals surface area contributed by atoms with Gasteiger partial charge >= 0.3 is 0 Å². The molecule has 3 aromatic rings. The Balaban J connectivity index is 1.65.